The third-order valence-electron chi connectivity index (χ3n) is 5.53. The zero-order chi connectivity index (χ0) is 22.2. The zero-order valence-electron chi connectivity index (χ0n) is 18.6. The van der Waals surface area contributed by atoms with E-state index in [2.05, 4.69) is 29.0 Å². The fourth-order valence-electron chi connectivity index (χ4n) is 3.69. The largest absolute Gasteiger partial charge is 0.465 e. The summed E-state index contributed by atoms with van der Waals surface area (Å²) in [5.41, 5.74) is 2.16. The van der Waals surface area contributed by atoms with Crippen molar-refractivity contribution >= 4 is 17.7 Å². The molecule has 0 aliphatic carbocycles. The van der Waals surface area contributed by atoms with Gasteiger partial charge in [-0.05, 0) is 36.1 Å². The van der Waals surface area contributed by atoms with Crippen LogP contribution in [0.15, 0.2) is 42.6 Å². The number of ether oxygens (including phenoxy) is 1. The number of rotatable bonds is 8. The van der Waals surface area contributed by atoms with Crippen LogP contribution in [0.4, 0.5) is 5.82 Å². The van der Waals surface area contributed by atoms with Crippen molar-refractivity contribution < 1.29 is 14.3 Å². The molecule has 3 rings (SSSR count). The van der Waals surface area contributed by atoms with Crippen molar-refractivity contribution in [3.05, 3.63) is 59.3 Å². The van der Waals surface area contributed by atoms with E-state index >= 15 is 0 Å². The normalized spacial score (nSPS) is 14.5. The molecule has 0 saturated carbocycles. The first-order valence-electron chi connectivity index (χ1n) is 10.9. The number of benzene rings is 1. The van der Waals surface area contributed by atoms with Crippen LogP contribution in [0.2, 0.25) is 0 Å². The SMILES string of the molecule is COC(=O)c1ccccc1CN1CCN(C(=O)c2cccnc2NCCC(C)C)CC1. The molecule has 2 heterocycles. The summed E-state index contributed by atoms with van der Waals surface area (Å²) in [4.78, 5) is 33.7. The molecule has 1 aliphatic rings. The van der Waals surface area contributed by atoms with E-state index in [4.69, 9.17) is 4.74 Å². The molecular formula is C24H32N4O3. The number of carbonyl (C=O) groups excluding carboxylic acids is 2. The maximum absolute atomic E-state index is 13.1. The number of nitrogens with one attached hydrogen (secondary N) is 1. The Balaban J connectivity index is 1.59. The van der Waals surface area contributed by atoms with E-state index in [1.807, 2.05) is 29.2 Å². The van der Waals surface area contributed by atoms with Gasteiger partial charge in [0.05, 0.1) is 18.2 Å². The second kappa shape index (κ2) is 10.9. The Morgan fingerprint density at radius 1 is 1.06 bits per heavy atom. The maximum Gasteiger partial charge on any atom is 0.338 e. The average Bonchev–Trinajstić information content (AvgIpc) is 2.79. The monoisotopic (exact) mass is 424 g/mol. The molecule has 1 fully saturated rings. The molecule has 7 heteroatoms. The van der Waals surface area contributed by atoms with Gasteiger partial charge in [-0.2, -0.15) is 0 Å². The molecular weight excluding hydrogens is 392 g/mol. The van der Waals surface area contributed by atoms with Gasteiger partial charge in [-0.25, -0.2) is 9.78 Å². The van der Waals surface area contributed by atoms with Crippen molar-refractivity contribution in [2.24, 2.45) is 5.92 Å². The lowest BCUT2D eigenvalue weighted by molar-refractivity contribution is 0.0595. The van der Waals surface area contributed by atoms with Crippen LogP contribution in [0.3, 0.4) is 0 Å². The topological polar surface area (TPSA) is 74.8 Å². The lowest BCUT2D eigenvalue weighted by atomic mass is 10.1. The van der Waals surface area contributed by atoms with Crippen molar-refractivity contribution in [3.63, 3.8) is 0 Å². The van der Waals surface area contributed by atoms with Crippen LogP contribution in [-0.2, 0) is 11.3 Å². The minimum absolute atomic E-state index is 0.00904. The molecule has 1 amide bonds. The predicted octanol–water partition coefficient (Wildman–Crippen LogP) is 3.28. The Kier molecular flexibility index (Phi) is 8.00. The van der Waals surface area contributed by atoms with Crippen LogP contribution in [0.5, 0.6) is 0 Å². The number of anilines is 1. The van der Waals surface area contributed by atoms with Gasteiger partial charge in [0.2, 0.25) is 0 Å². The van der Waals surface area contributed by atoms with Gasteiger partial charge in [-0.15, -0.1) is 0 Å². The van der Waals surface area contributed by atoms with Gasteiger partial charge in [-0.3, -0.25) is 9.69 Å². The number of aromatic nitrogens is 1. The maximum atomic E-state index is 13.1. The first kappa shape index (κ1) is 22.7. The highest BCUT2D eigenvalue weighted by Crippen LogP contribution is 2.18. The van der Waals surface area contributed by atoms with Crippen molar-refractivity contribution in [2.45, 2.75) is 26.8 Å². The van der Waals surface area contributed by atoms with Gasteiger partial charge >= 0.3 is 5.97 Å². The van der Waals surface area contributed by atoms with Crippen LogP contribution in [-0.4, -0.2) is 66.5 Å². The quantitative estimate of drug-likeness (QED) is 0.656. The molecule has 1 saturated heterocycles. The predicted molar refractivity (Wildman–Crippen MR) is 121 cm³/mol. The van der Waals surface area contributed by atoms with Gasteiger partial charge in [0, 0.05) is 45.5 Å². The van der Waals surface area contributed by atoms with Crippen LogP contribution in [0.25, 0.3) is 0 Å². The number of piperazine rings is 1. The number of amides is 1. The molecule has 1 aromatic carbocycles. The summed E-state index contributed by atoms with van der Waals surface area (Å²) in [6, 6.07) is 11.2. The Labute approximate surface area is 184 Å². The van der Waals surface area contributed by atoms with E-state index < -0.39 is 0 Å². The first-order chi connectivity index (χ1) is 15.0. The number of nitrogens with zero attached hydrogens (tertiary/aromatic N) is 3. The molecule has 0 spiro atoms. The summed E-state index contributed by atoms with van der Waals surface area (Å²) in [5.74, 6) is 0.934. The molecule has 7 nitrogen and oxygen atoms in total. The van der Waals surface area contributed by atoms with E-state index in [-0.39, 0.29) is 11.9 Å². The summed E-state index contributed by atoms with van der Waals surface area (Å²) in [5, 5.41) is 3.32. The molecule has 1 N–H and O–H groups in total. The Bertz CT molecular complexity index is 892. The first-order valence-corrected chi connectivity index (χ1v) is 10.9. The van der Waals surface area contributed by atoms with E-state index in [0.717, 1.165) is 31.6 Å². The lowest BCUT2D eigenvalue weighted by Gasteiger charge is -2.35. The summed E-state index contributed by atoms with van der Waals surface area (Å²) >= 11 is 0. The van der Waals surface area contributed by atoms with Gasteiger partial charge in [-0.1, -0.05) is 32.0 Å². The highest BCUT2D eigenvalue weighted by Gasteiger charge is 2.25. The third-order valence-corrected chi connectivity index (χ3v) is 5.53. The van der Waals surface area contributed by atoms with Gasteiger partial charge in [0.15, 0.2) is 0 Å². The smallest absolute Gasteiger partial charge is 0.338 e. The standard InChI is InChI=1S/C24H32N4O3/c1-18(2)10-12-26-22-21(9-6-11-25-22)23(29)28-15-13-27(14-16-28)17-19-7-4-5-8-20(19)24(30)31-3/h4-9,11,18H,10,12-17H2,1-3H3,(H,25,26). The molecule has 0 atom stereocenters. The highest BCUT2D eigenvalue weighted by molar-refractivity contribution is 5.98. The van der Waals surface area contributed by atoms with E-state index in [1.165, 1.54) is 7.11 Å². The number of hydrogen-bond donors (Lipinski definition) is 1. The zero-order valence-corrected chi connectivity index (χ0v) is 18.6. The van der Waals surface area contributed by atoms with Crippen molar-refractivity contribution in [2.75, 3.05) is 45.2 Å². The number of hydrogen-bond acceptors (Lipinski definition) is 6. The number of carbonyl (C=O) groups is 2. The Morgan fingerprint density at radius 3 is 2.48 bits per heavy atom. The Morgan fingerprint density at radius 2 is 1.77 bits per heavy atom. The molecule has 166 valence electrons. The van der Waals surface area contributed by atoms with E-state index in [1.54, 1.807) is 18.3 Å². The third kappa shape index (κ3) is 6.04. The second-order valence-corrected chi connectivity index (χ2v) is 8.23. The summed E-state index contributed by atoms with van der Waals surface area (Å²) in [6.45, 7) is 8.57. The Hall–Kier alpha value is -2.93. The molecule has 0 unspecified atom stereocenters. The van der Waals surface area contributed by atoms with Crippen LogP contribution in [0, 0.1) is 5.92 Å². The van der Waals surface area contributed by atoms with Crippen LogP contribution in [0.1, 0.15) is 46.5 Å². The van der Waals surface area contributed by atoms with Crippen molar-refractivity contribution in [1.82, 2.24) is 14.8 Å². The molecule has 31 heavy (non-hydrogen) atoms. The molecule has 0 radical (unpaired) electrons. The van der Waals surface area contributed by atoms with E-state index in [9.17, 15) is 9.59 Å². The number of methoxy groups -OCH3 is 1. The van der Waals surface area contributed by atoms with Crippen molar-refractivity contribution in [1.29, 1.82) is 0 Å². The van der Waals surface area contributed by atoms with E-state index in [0.29, 0.717) is 42.5 Å². The molecule has 1 aliphatic heterocycles. The molecule has 1 aromatic heterocycles. The number of pyridine rings is 1. The molecule has 0 bridgehead atoms. The van der Waals surface area contributed by atoms with Gasteiger partial charge < -0.3 is 15.0 Å². The van der Waals surface area contributed by atoms with Crippen LogP contribution >= 0.6 is 0 Å². The second-order valence-electron chi connectivity index (χ2n) is 8.23. The highest BCUT2D eigenvalue weighted by atomic mass is 16.5. The summed E-state index contributed by atoms with van der Waals surface area (Å²) in [7, 11) is 1.40. The minimum Gasteiger partial charge on any atom is -0.465 e. The lowest BCUT2D eigenvalue weighted by Crippen LogP contribution is -2.48. The van der Waals surface area contributed by atoms with Gasteiger partial charge in [0.25, 0.3) is 5.91 Å². The average molecular weight is 425 g/mol. The molecule has 2 aromatic rings. The van der Waals surface area contributed by atoms with Gasteiger partial charge in [0.1, 0.15) is 5.82 Å². The minimum atomic E-state index is -0.321. The summed E-state index contributed by atoms with van der Waals surface area (Å²) in [6.07, 6.45) is 2.74. The summed E-state index contributed by atoms with van der Waals surface area (Å²) < 4.78 is 4.89. The van der Waals surface area contributed by atoms with Crippen LogP contribution < -0.4 is 5.32 Å². The fraction of sp³-hybridized carbons (Fsp3) is 0.458. The van der Waals surface area contributed by atoms with Crippen molar-refractivity contribution in [3.8, 4) is 0 Å². The number of esters is 1. The fourth-order valence-corrected chi connectivity index (χ4v) is 3.69.